The molecule has 0 atom stereocenters. The molecule has 0 aliphatic heterocycles. The summed E-state index contributed by atoms with van der Waals surface area (Å²) in [6, 6.07) is 15.3. The molecule has 0 radical (unpaired) electrons. The van der Waals surface area contributed by atoms with Crippen molar-refractivity contribution in [1.29, 1.82) is 0 Å². The van der Waals surface area contributed by atoms with Crippen LogP contribution in [0.1, 0.15) is 19.5 Å². The first-order chi connectivity index (χ1) is 13.9. The molecule has 0 unspecified atom stereocenters. The molecule has 29 heavy (non-hydrogen) atoms. The summed E-state index contributed by atoms with van der Waals surface area (Å²) >= 11 is 0. The molecular formula is C20H23N5O3S. The summed E-state index contributed by atoms with van der Waals surface area (Å²) in [5, 5.41) is 11.2. The van der Waals surface area contributed by atoms with Gasteiger partial charge in [0.05, 0.1) is 22.0 Å². The lowest BCUT2D eigenvalue weighted by Crippen LogP contribution is -2.30. The SMILES string of the molecule is CCN(CC)S(=O)(=O)c1ccc(N=Nc2c(C)[nH]n(-c3ccccc3)c2=O)cc1. The Balaban J connectivity index is 1.86. The number of nitrogens with one attached hydrogen (secondary N) is 1. The maximum atomic E-state index is 12.6. The zero-order valence-corrected chi connectivity index (χ0v) is 17.3. The number of benzene rings is 2. The Labute approximate surface area is 169 Å². The zero-order chi connectivity index (χ0) is 21.0. The van der Waals surface area contributed by atoms with Crippen LogP contribution in [0, 0.1) is 6.92 Å². The van der Waals surface area contributed by atoms with Crippen LogP contribution in [0.5, 0.6) is 0 Å². The van der Waals surface area contributed by atoms with Crippen molar-refractivity contribution >= 4 is 21.4 Å². The van der Waals surface area contributed by atoms with E-state index < -0.39 is 10.0 Å². The summed E-state index contributed by atoms with van der Waals surface area (Å²) in [6.45, 7) is 6.15. The summed E-state index contributed by atoms with van der Waals surface area (Å²) in [7, 11) is -3.52. The molecule has 0 saturated heterocycles. The highest BCUT2D eigenvalue weighted by Crippen LogP contribution is 2.22. The second-order valence-electron chi connectivity index (χ2n) is 6.34. The summed E-state index contributed by atoms with van der Waals surface area (Å²) < 4.78 is 27.9. The topological polar surface area (TPSA) is 99.9 Å². The molecule has 0 amide bonds. The lowest BCUT2D eigenvalue weighted by molar-refractivity contribution is 0.445. The predicted octanol–water partition coefficient (Wildman–Crippen LogP) is 3.92. The number of aromatic amines is 1. The van der Waals surface area contributed by atoms with E-state index in [0.717, 1.165) is 0 Å². The highest BCUT2D eigenvalue weighted by molar-refractivity contribution is 7.89. The number of aryl methyl sites for hydroxylation is 1. The van der Waals surface area contributed by atoms with Crippen LogP contribution in [0.2, 0.25) is 0 Å². The molecule has 1 aromatic heterocycles. The van der Waals surface area contributed by atoms with Crippen molar-refractivity contribution in [3.05, 3.63) is 70.6 Å². The van der Waals surface area contributed by atoms with Crippen LogP contribution in [0.25, 0.3) is 5.69 Å². The minimum absolute atomic E-state index is 0.199. The molecule has 8 nitrogen and oxygen atoms in total. The maximum Gasteiger partial charge on any atom is 0.299 e. The average Bonchev–Trinajstić information content (AvgIpc) is 3.01. The van der Waals surface area contributed by atoms with Crippen molar-refractivity contribution in [2.75, 3.05) is 13.1 Å². The van der Waals surface area contributed by atoms with Gasteiger partial charge < -0.3 is 0 Å². The van der Waals surface area contributed by atoms with Gasteiger partial charge in [-0.05, 0) is 43.3 Å². The van der Waals surface area contributed by atoms with Gasteiger partial charge in [-0.1, -0.05) is 32.0 Å². The first-order valence-electron chi connectivity index (χ1n) is 9.27. The fourth-order valence-corrected chi connectivity index (χ4v) is 4.38. The number of H-pyrrole nitrogens is 1. The lowest BCUT2D eigenvalue weighted by Gasteiger charge is -2.18. The van der Waals surface area contributed by atoms with E-state index in [1.54, 1.807) is 32.9 Å². The van der Waals surface area contributed by atoms with E-state index in [1.807, 2.05) is 30.3 Å². The standard InChI is InChI=1S/C20H23N5O3S/c1-4-24(5-2)29(27,28)18-13-11-16(12-14-18)21-22-19-15(3)23-25(20(19)26)17-9-7-6-8-10-17/h6-14,23H,4-5H2,1-3H3. The zero-order valence-electron chi connectivity index (χ0n) is 16.5. The Morgan fingerprint density at radius 3 is 2.17 bits per heavy atom. The number of nitrogens with zero attached hydrogens (tertiary/aromatic N) is 4. The van der Waals surface area contributed by atoms with Crippen molar-refractivity contribution in [2.24, 2.45) is 10.2 Å². The number of hydrogen-bond donors (Lipinski definition) is 1. The first kappa shape index (κ1) is 20.7. The summed E-state index contributed by atoms with van der Waals surface area (Å²) in [5.41, 5.74) is 1.64. The molecule has 3 rings (SSSR count). The molecular weight excluding hydrogens is 390 g/mol. The molecule has 1 heterocycles. The Morgan fingerprint density at radius 1 is 0.966 bits per heavy atom. The molecule has 0 fully saturated rings. The van der Waals surface area contributed by atoms with Gasteiger partial charge in [0.1, 0.15) is 0 Å². The molecule has 0 saturated carbocycles. The van der Waals surface area contributed by atoms with Crippen molar-refractivity contribution < 1.29 is 8.42 Å². The highest BCUT2D eigenvalue weighted by atomic mass is 32.2. The molecule has 0 spiro atoms. The maximum absolute atomic E-state index is 12.6. The number of hydrogen-bond acceptors (Lipinski definition) is 5. The Morgan fingerprint density at radius 2 is 1.59 bits per heavy atom. The summed E-state index contributed by atoms with van der Waals surface area (Å²) in [4.78, 5) is 12.8. The van der Waals surface area contributed by atoms with Crippen LogP contribution < -0.4 is 5.56 Å². The van der Waals surface area contributed by atoms with Crippen molar-refractivity contribution in [3.63, 3.8) is 0 Å². The van der Waals surface area contributed by atoms with Gasteiger partial charge in [-0.2, -0.15) is 9.42 Å². The van der Waals surface area contributed by atoms with Crippen LogP contribution in [0.15, 0.2) is 74.5 Å². The van der Waals surface area contributed by atoms with E-state index >= 15 is 0 Å². The van der Waals surface area contributed by atoms with E-state index in [9.17, 15) is 13.2 Å². The Kier molecular flexibility index (Phi) is 6.09. The summed E-state index contributed by atoms with van der Waals surface area (Å²) in [5.74, 6) is 0. The number of azo groups is 1. The quantitative estimate of drug-likeness (QED) is 0.594. The van der Waals surface area contributed by atoms with Gasteiger partial charge in [0.25, 0.3) is 5.56 Å². The molecule has 0 aliphatic rings. The van der Waals surface area contributed by atoms with Gasteiger partial charge in [0.2, 0.25) is 10.0 Å². The van der Waals surface area contributed by atoms with Crippen LogP contribution in [-0.2, 0) is 10.0 Å². The van der Waals surface area contributed by atoms with Crippen molar-refractivity contribution in [3.8, 4) is 5.69 Å². The number of sulfonamides is 1. The molecule has 3 aromatic rings. The largest absolute Gasteiger partial charge is 0.299 e. The van der Waals surface area contributed by atoms with Gasteiger partial charge in [-0.15, -0.1) is 5.11 Å². The summed E-state index contributed by atoms with van der Waals surface area (Å²) in [6.07, 6.45) is 0. The lowest BCUT2D eigenvalue weighted by atomic mass is 10.3. The van der Waals surface area contributed by atoms with Crippen LogP contribution >= 0.6 is 0 Å². The monoisotopic (exact) mass is 413 g/mol. The minimum Gasteiger partial charge on any atom is -0.293 e. The van der Waals surface area contributed by atoms with Gasteiger partial charge in [0.15, 0.2) is 5.69 Å². The van der Waals surface area contributed by atoms with Crippen LogP contribution in [-0.4, -0.2) is 35.6 Å². The minimum atomic E-state index is -3.52. The fourth-order valence-electron chi connectivity index (χ4n) is 2.92. The van der Waals surface area contributed by atoms with Gasteiger partial charge in [-0.3, -0.25) is 9.89 Å². The predicted molar refractivity (Wildman–Crippen MR) is 112 cm³/mol. The highest BCUT2D eigenvalue weighted by Gasteiger charge is 2.21. The third kappa shape index (κ3) is 4.20. The van der Waals surface area contributed by atoms with Crippen molar-refractivity contribution in [2.45, 2.75) is 25.7 Å². The normalized spacial score (nSPS) is 12.1. The third-order valence-electron chi connectivity index (χ3n) is 4.50. The Hall–Kier alpha value is -3.04. The number of para-hydroxylation sites is 1. The molecule has 1 N–H and O–H groups in total. The smallest absolute Gasteiger partial charge is 0.293 e. The molecule has 0 aliphatic carbocycles. The number of rotatable bonds is 7. The Bertz CT molecular complexity index is 1160. The van der Waals surface area contributed by atoms with E-state index in [2.05, 4.69) is 15.3 Å². The van der Waals surface area contributed by atoms with Crippen molar-refractivity contribution in [1.82, 2.24) is 14.1 Å². The third-order valence-corrected chi connectivity index (χ3v) is 6.56. The van der Waals surface area contributed by atoms with Crippen LogP contribution in [0.3, 0.4) is 0 Å². The molecule has 0 bridgehead atoms. The van der Waals surface area contributed by atoms with E-state index in [1.165, 1.54) is 21.1 Å². The van der Waals surface area contributed by atoms with Gasteiger partial charge in [-0.25, -0.2) is 13.1 Å². The van der Waals surface area contributed by atoms with E-state index in [-0.39, 0.29) is 16.1 Å². The van der Waals surface area contributed by atoms with E-state index in [4.69, 9.17) is 0 Å². The first-order valence-corrected chi connectivity index (χ1v) is 10.7. The molecule has 2 aromatic carbocycles. The van der Waals surface area contributed by atoms with Gasteiger partial charge in [0, 0.05) is 13.1 Å². The average molecular weight is 414 g/mol. The number of aromatic nitrogens is 2. The molecule has 152 valence electrons. The second-order valence-corrected chi connectivity index (χ2v) is 8.28. The molecule has 9 heteroatoms. The van der Waals surface area contributed by atoms with Crippen LogP contribution in [0.4, 0.5) is 11.4 Å². The fraction of sp³-hybridized carbons (Fsp3) is 0.250. The van der Waals surface area contributed by atoms with Gasteiger partial charge >= 0.3 is 0 Å². The van der Waals surface area contributed by atoms with E-state index in [0.29, 0.717) is 30.2 Å². The second kappa shape index (κ2) is 8.54.